The van der Waals surface area contributed by atoms with Crippen molar-refractivity contribution in [3.63, 3.8) is 0 Å². The minimum Gasteiger partial charge on any atom is -0.382 e. The van der Waals surface area contributed by atoms with Gasteiger partial charge in [0.2, 0.25) is 0 Å². The van der Waals surface area contributed by atoms with Crippen LogP contribution in [-0.4, -0.2) is 62.1 Å². The maximum Gasteiger partial charge on any atom is 0.315 e. The van der Waals surface area contributed by atoms with E-state index in [1.165, 1.54) is 0 Å². The number of carbonyl (C=O) groups excluding carboxylic acids is 1. The molecule has 4 N–H and O–H groups in total. The lowest BCUT2D eigenvalue weighted by atomic mass is 10.1. The number of carbonyl (C=O) groups is 1. The average molecular weight is 329 g/mol. The third kappa shape index (κ3) is 9.10. The normalized spacial score (nSPS) is 23.9. The molecule has 7 heteroatoms. The molecule has 0 aromatic rings. The van der Waals surface area contributed by atoms with E-state index in [9.17, 15) is 4.79 Å². The highest BCUT2D eigenvalue weighted by Gasteiger charge is 2.19. The summed E-state index contributed by atoms with van der Waals surface area (Å²) in [4.78, 5) is 12.0. The molecule has 0 aromatic carbocycles. The van der Waals surface area contributed by atoms with Crippen LogP contribution in [0.4, 0.5) is 4.79 Å². The molecule has 1 fully saturated rings. The summed E-state index contributed by atoms with van der Waals surface area (Å²) in [6.07, 6.45) is 2.69. The number of hydrogen-bond donors (Lipinski definition) is 4. The number of hydrogen-bond acceptors (Lipinski definition) is 5. The van der Waals surface area contributed by atoms with Crippen LogP contribution < -0.4 is 21.4 Å². The van der Waals surface area contributed by atoms with Crippen molar-refractivity contribution < 1.29 is 9.53 Å². The molecule has 0 aromatic heterocycles. The van der Waals surface area contributed by atoms with Crippen LogP contribution in [0.2, 0.25) is 0 Å². The molecule has 1 saturated heterocycles. The molecule has 1 heterocycles. The van der Waals surface area contributed by atoms with E-state index >= 15 is 0 Å². The van der Waals surface area contributed by atoms with Crippen molar-refractivity contribution in [1.29, 1.82) is 0 Å². The fourth-order valence-electron chi connectivity index (χ4n) is 2.57. The van der Waals surface area contributed by atoms with Crippen LogP contribution in [0.15, 0.2) is 0 Å². The number of amides is 2. The van der Waals surface area contributed by atoms with Crippen molar-refractivity contribution in [3.05, 3.63) is 0 Å². The minimum absolute atomic E-state index is 0.0846. The van der Waals surface area contributed by atoms with Crippen molar-refractivity contribution in [2.75, 3.05) is 33.0 Å². The van der Waals surface area contributed by atoms with E-state index in [-0.39, 0.29) is 12.1 Å². The lowest BCUT2D eigenvalue weighted by molar-refractivity contribution is 0.129. The number of ether oxygens (including phenoxy) is 1. The Hall–Kier alpha value is -0.890. The zero-order chi connectivity index (χ0) is 17.1. The van der Waals surface area contributed by atoms with Crippen LogP contribution in [0, 0.1) is 0 Å². The molecule has 0 bridgehead atoms. The second-order valence-electron chi connectivity index (χ2n) is 6.41. The molecule has 7 nitrogen and oxygen atoms in total. The smallest absolute Gasteiger partial charge is 0.315 e. The predicted molar refractivity (Wildman–Crippen MR) is 93.1 cm³/mol. The molecule has 1 rings (SSSR count). The van der Waals surface area contributed by atoms with Gasteiger partial charge in [-0.2, -0.15) is 0 Å². The van der Waals surface area contributed by atoms with Gasteiger partial charge in [-0.1, -0.05) is 0 Å². The molecule has 0 radical (unpaired) electrons. The van der Waals surface area contributed by atoms with Crippen LogP contribution in [0.25, 0.3) is 0 Å². The fraction of sp³-hybridized carbons (Fsp3) is 0.938. The molecule has 23 heavy (non-hydrogen) atoms. The summed E-state index contributed by atoms with van der Waals surface area (Å²) in [7, 11) is 0. The Morgan fingerprint density at radius 2 is 2.22 bits per heavy atom. The quantitative estimate of drug-likeness (QED) is 0.525. The number of hydrazine groups is 1. The molecule has 0 aliphatic carbocycles. The van der Waals surface area contributed by atoms with Crippen molar-refractivity contribution in [2.45, 2.75) is 65.1 Å². The van der Waals surface area contributed by atoms with Gasteiger partial charge in [0.05, 0.1) is 6.67 Å². The zero-order valence-corrected chi connectivity index (χ0v) is 15.2. The summed E-state index contributed by atoms with van der Waals surface area (Å²) in [6, 6.07) is 0.884. The van der Waals surface area contributed by atoms with E-state index in [0.29, 0.717) is 25.2 Å². The maximum atomic E-state index is 12.0. The van der Waals surface area contributed by atoms with E-state index in [4.69, 9.17) is 4.74 Å². The predicted octanol–water partition coefficient (Wildman–Crippen LogP) is 1.03. The highest BCUT2D eigenvalue weighted by molar-refractivity contribution is 5.74. The van der Waals surface area contributed by atoms with Gasteiger partial charge in [-0.05, 0) is 47.0 Å². The molecule has 0 spiro atoms. The molecule has 1 aliphatic rings. The van der Waals surface area contributed by atoms with Crippen LogP contribution in [0.5, 0.6) is 0 Å². The van der Waals surface area contributed by atoms with Crippen LogP contribution in [0.1, 0.15) is 47.0 Å². The van der Waals surface area contributed by atoms with Gasteiger partial charge < -0.3 is 20.7 Å². The lowest BCUT2D eigenvalue weighted by Crippen LogP contribution is -2.49. The SMILES string of the molecule is CCOCCCNC(=O)NC1CCNN(C(C)C)CNC(C)C1. The van der Waals surface area contributed by atoms with Crippen molar-refractivity contribution in [1.82, 2.24) is 26.4 Å². The highest BCUT2D eigenvalue weighted by Crippen LogP contribution is 2.06. The summed E-state index contributed by atoms with van der Waals surface area (Å²) in [5.41, 5.74) is 3.43. The average Bonchev–Trinajstić information content (AvgIpc) is 2.57. The third-order valence-corrected chi connectivity index (χ3v) is 3.97. The van der Waals surface area contributed by atoms with Crippen LogP contribution >= 0.6 is 0 Å². The first-order valence-corrected chi connectivity index (χ1v) is 8.88. The Balaban J connectivity index is 2.32. The molecule has 1 aliphatic heterocycles. The molecule has 2 unspecified atom stereocenters. The summed E-state index contributed by atoms with van der Waals surface area (Å²) in [6.45, 7) is 12.2. The second-order valence-corrected chi connectivity index (χ2v) is 6.41. The molecule has 0 saturated carbocycles. The Bertz CT molecular complexity index is 328. The van der Waals surface area contributed by atoms with E-state index in [2.05, 4.69) is 47.2 Å². The van der Waals surface area contributed by atoms with Crippen LogP contribution in [-0.2, 0) is 4.74 Å². The third-order valence-electron chi connectivity index (χ3n) is 3.97. The topological polar surface area (TPSA) is 77.7 Å². The minimum atomic E-state index is -0.0846. The van der Waals surface area contributed by atoms with Gasteiger partial charge in [0, 0.05) is 44.4 Å². The summed E-state index contributed by atoms with van der Waals surface area (Å²) in [5, 5.41) is 11.7. The number of urea groups is 1. The van der Waals surface area contributed by atoms with Crippen molar-refractivity contribution in [3.8, 4) is 0 Å². The number of nitrogens with one attached hydrogen (secondary N) is 4. The Morgan fingerprint density at radius 3 is 2.91 bits per heavy atom. The number of rotatable bonds is 7. The maximum absolute atomic E-state index is 12.0. The fourth-order valence-corrected chi connectivity index (χ4v) is 2.57. The van der Waals surface area contributed by atoms with Gasteiger partial charge in [-0.15, -0.1) is 0 Å². The molecule has 2 atom stereocenters. The summed E-state index contributed by atoms with van der Waals surface area (Å²) in [5.74, 6) is 0. The van der Waals surface area contributed by atoms with E-state index in [1.807, 2.05) is 6.92 Å². The largest absolute Gasteiger partial charge is 0.382 e. The zero-order valence-electron chi connectivity index (χ0n) is 15.2. The van der Waals surface area contributed by atoms with Gasteiger partial charge in [0.15, 0.2) is 0 Å². The summed E-state index contributed by atoms with van der Waals surface area (Å²) < 4.78 is 5.26. The van der Waals surface area contributed by atoms with Crippen molar-refractivity contribution in [2.24, 2.45) is 0 Å². The van der Waals surface area contributed by atoms with Gasteiger partial charge >= 0.3 is 6.03 Å². The second kappa shape index (κ2) is 11.6. The van der Waals surface area contributed by atoms with Gasteiger partial charge in [-0.3, -0.25) is 5.43 Å². The Morgan fingerprint density at radius 1 is 1.43 bits per heavy atom. The summed E-state index contributed by atoms with van der Waals surface area (Å²) >= 11 is 0. The van der Waals surface area contributed by atoms with Crippen LogP contribution in [0.3, 0.4) is 0 Å². The van der Waals surface area contributed by atoms with E-state index in [0.717, 1.165) is 39.1 Å². The standard InChI is InChI=1S/C16H35N5O2/c1-5-23-10-6-8-17-16(22)20-15-7-9-19-21(13(2)3)12-18-14(4)11-15/h13-15,18-19H,5-12H2,1-4H3,(H2,17,20,22). The van der Waals surface area contributed by atoms with Gasteiger partial charge in [-0.25, -0.2) is 9.80 Å². The molecular weight excluding hydrogens is 294 g/mol. The Kier molecular flexibility index (Phi) is 10.2. The Labute approximate surface area is 140 Å². The van der Waals surface area contributed by atoms with Gasteiger partial charge in [0.1, 0.15) is 0 Å². The highest BCUT2D eigenvalue weighted by atomic mass is 16.5. The number of nitrogens with zero attached hydrogens (tertiary/aromatic N) is 1. The first kappa shape index (κ1) is 20.2. The first-order chi connectivity index (χ1) is 11.0. The molecular formula is C16H35N5O2. The van der Waals surface area contributed by atoms with Gasteiger partial charge in [0.25, 0.3) is 0 Å². The van der Waals surface area contributed by atoms with E-state index < -0.39 is 0 Å². The molecule has 2 amide bonds. The monoisotopic (exact) mass is 329 g/mol. The lowest BCUT2D eigenvalue weighted by Gasteiger charge is -2.27. The first-order valence-electron chi connectivity index (χ1n) is 8.88. The molecule has 136 valence electrons. The van der Waals surface area contributed by atoms with E-state index in [1.54, 1.807) is 0 Å². The van der Waals surface area contributed by atoms with Crippen molar-refractivity contribution >= 4 is 6.03 Å².